The molecule has 4 aromatic carbocycles. The third kappa shape index (κ3) is 5.54. The first kappa shape index (κ1) is 28.7. The largest absolute Gasteiger partial charge is 0.493 e. The summed E-state index contributed by atoms with van der Waals surface area (Å²) in [5.41, 5.74) is 5.61. The van der Waals surface area contributed by atoms with E-state index in [2.05, 4.69) is 17.1 Å². The Kier molecular flexibility index (Phi) is 7.89. The van der Waals surface area contributed by atoms with E-state index in [1.165, 1.54) is 6.92 Å². The number of H-pyrrole nitrogens is 1. The Morgan fingerprint density at radius 3 is 2.50 bits per heavy atom. The highest BCUT2D eigenvalue weighted by Gasteiger charge is 2.23. The van der Waals surface area contributed by atoms with Crippen molar-refractivity contribution in [2.45, 2.75) is 33.3 Å². The predicted octanol–water partition coefficient (Wildman–Crippen LogP) is 7.52. The Bertz CT molecular complexity index is 2010. The lowest BCUT2D eigenvalue weighted by Gasteiger charge is -2.10. The van der Waals surface area contributed by atoms with Gasteiger partial charge in [0, 0.05) is 40.2 Å². The number of aryl methyl sites for hydroxylation is 2. The maximum Gasteiger partial charge on any atom is 0.352 e. The molecule has 6 rings (SSSR count). The predicted molar refractivity (Wildman–Crippen MR) is 171 cm³/mol. The molecule has 6 aromatic rings. The van der Waals surface area contributed by atoms with E-state index >= 15 is 0 Å². The SMILES string of the molecule is CC(=O)c1cccc(OCc2nn(C)c(C)c2-c2cccc3c(CCCOc4cccc5ccccc45)c(C(=O)O)[nH]c23)c1. The second-order valence-electron chi connectivity index (χ2n) is 10.8. The number of carboxylic acid groups (broad SMARTS) is 1. The van der Waals surface area contributed by atoms with E-state index in [0.29, 0.717) is 36.5 Å². The number of benzene rings is 4. The first-order chi connectivity index (χ1) is 21.3. The van der Waals surface area contributed by atoms with Crippen LogP contribution in [0.25, 0.3) is 32.8 Å². The average molecular weight is 588 g/mol. The van der Waals surface area contributed by atoms with Crippen LogP contribution in [0.15, 0.2) is 84.9 Å². The van der Waals surface area contributed by atoms with Crippen LogP contribution in [0.1, 0.15) is 51.1 Å². The summed E-state index contributed by atoms with van der Waals surface area (Å²) in [6.07, 6.45) is 1.18. The van der Waals surface area contributed by atoms with Crippen LogP contribution in [-0.2, 0) is 20.1 Å². The molecular formula is C36H33N3O5. The molecule has 8 nitrogen and oxygen atoms in total. The number of carbonyl (C=O) groups is 2. The van der Waals surface area contributed by atoms with Gasteiger partial charge in [-0.05, 0) is 55.8 Å². The number of aromatic amines is 1. The summed E-state index contributed by atoms with van der Waals surface area (Å²) in [5, 5.41) is 17.9. The average Bonchev–Trinajstić information content (AvgIpc) is 3.54. The zero-order chi connectivity index (χ0) is 30.8. The van der Waals surface area contributed by atoms with Gasteiger partial charge in [0.25, 0.3) is 0 Å². The monoisotopic (exact) mass is 587 g/mol. The van der Waals surface area contributed by atoms with Gasteiger partial charge in [0.2, 0.25) is 0 Å². The van der Waals surface area contributed by atoms with Gasteiger partial charge in [-0.1, -0.05) is 66.7 Å². The number of hydrogen-bond donors (Lipinski definition) is 2. The zero-order valence-electron chi connectivity index (χ0n) is 24.9. The molecule has 2 aromatic heterocycles. The van der Waals surface area contributed by atoms with Crippen molar-refractivity contribution in [2.24, 2.45) is 7.05 Å². The minimum Gasteiger partial charge on any atom is -0.493 e. The molecule has 0 radical (unpaired) electrons. The standard InChI is InChI=1S/C36H33N3O5/c1-22-33(31(38-39(22)3)21-44-26-13-6-12-25(20-26)23(2)40)30-16-8-15-28-29(35(36(41)42)37-34(28)30)17-9-19-43-32-18-7-11-24-10-4-5-14-27(24)32/h4-8,10-16,18,20,37H,9,17,19,21H2,1-3H3,(H,41,42). The lowest BCUT2D eigenvalue weighted by Crippen LogP contribution is -2.04. The highest BCUT2D eigenvalue weighted by Crippen LogP contribution is 2.36. The molecule has 0 amide bonds. The number of hydrogen-bond acceptors (Lipinski definition) is 5. The number of carbonyl (C=O) groups excluding carboxylic acids is 1. The van der Waals surface area contributed by atoms with E-state index in [4.69, 9.17) is 14.6 Å². The van der Waals surface area contributed by atoms with E-state index in [9.17, 15) is 14.7 Å². The van der Waals surface area contributed by atoms with Crippen LogP contribution in [0.2, 0.25) is 0 Å². The topological polar surface area (TPSA) is 106 Å². The molecule has 0 fully saturated rings. The molecule has 2 heterocycles. The molecule has 0 aliphatic heterocycles. The Morgan fingerprint density at radius 1 is 0.932 bits per heavy atom. The van der Waals surface area contributed by atoms with Gasteiger partial charge in [0.1, 0.15) is 29.5 Å². The lowest BCUT2D eigenvalue weighted by molar-refractivity contribution is 0.0690. The van der Waals surface area contributed by atoms with Crippen LogP contribution in [0.3, 0.4) is 0 Å². The Morgan fingerprint density at radius 2 is 1.68 bits per heavy atom. The van der Waals surface area contributed by atoms with Crippen LogP contribution in [0.4, 0.5) is 0 Å². The number of aromatic nitrogens is 3. The van der Waals surface area contributed by atoms with E-state index in [-0.39, 0.29) is 18.1 Å². The lowest BCUT2D eigenvalue weighted by atomic mass is 9.98. The molecule has 0 aliphatic carbocycles. The van der Waals surface area contributed by atoms with Crippen molar-refractivity contribution in [1.82, 2.24) is 14.8 Å². The molecule has 222 valence electrons. The third-order valence-electron chi connectivity index (χ3n) is 8.03. The van der Waals surface area contributed by atoms with Crippen molar-refractivity contribution < 1.29 is 24.2 Å². The maximum absolute atomic E-state index is 12.4. The number of aromatic carboxylic acids is 1. The van der Waals surface area contributed by atoms with Gasteiger partial charge < -0.3 is 19.6 Å². The smallest absolute Gasteiger partial charge is 0.352 e. The van der Waals surface area contributed by atoms with Gasteiger partial charge in [-0.3, -0.25) is 9.48 Å². The molecule has 0 saturated carbocycles. The number of carboxylic acids is 1. The number of ketones is 1. The summed E-state index contributed by atoms with van der Waals surface area (Å²) >= 11 is 0. The van der Waals surface area contributed by atoms with Crippen molar-refractivity contribution in [3.63, 3.8) is 0 Å². The van der Waals surface area contributed by atoms with E-state index < -0.39 is 5.97 Å². The first-order valence-electron chi connectivity index (χ1n) is 14.6. The molecule has 8 heteroatoms. The number of para-hydroxylation sites is 1. The van der Waals surface area contributed by atoms with Crippen LogP contribution in [-0.4, -0.2) is 38.2 Å². The molecule has 0 aliphatic rings. The molecule has 44 heavy (non-hydrogen) atoms. The minimum atomic E-state index is -1.01. The Labute approximate surface area is 254 Å². The van der Waals surface area contributed by atoms with Crippen LogP contribution < -0.4 is 9.47 Å². The number of nitrogens with one attached hydrogen (secondary N) is 1. The highest BCUT2D eigenvalue weighted by molar-refractivity contribution is 6.03. The fourth-order valence-corrected chi connectivity index (χ4v) is 5.76. The van der Waals surface area contributed by atoms with Crippen molar-refractivity contribution in [2.75, 3.05) is 6.61 Å². The number of nitrogens with zero attached hydrogens (tertiary/aromatic N) is 2. The van der Waals surface area contributed by atoms with Crippen molar-refractivity contribution in [3.05, 3.63) is 113 Å². The van der Waals surface area contributed by atoms with Crippen molar-refractivity contribution in [1.29, 1.82) is 0 Å². The molecule has 0 atom stereocenters. The molecular weight excluding hydrogens is 554 g/mol. The second-order valence-corrected chi connectivity index (χ2v) is 10.8. The van der Waals surface area contributed by atoms with Gasteiger partial charge in [-0.15, -0.1) is 0 Å². The second kappa shape index (κ2) is 12.1. The van der Waals surface area contributed by atoms with Gasteiger partial charge in [0.15, 0.2) is 5.78 Å². The van der Waals surface area contributed by atoms with Crippen LogP contribution in [0.5, 0.6) is 11.5 Å². The summed E-state index contributed by atoms with van der Waals surface area (Å²) in [7, 11) is 1.87. The Hall–Kier alpha value is -5.37. The summed E-state index contributed by atoms with van der Waals surface area (Å²) in [6, 6.07) is 27.0. The summed E-state index contributed by atoms with van der Waals surface area (Å²) < 4.78 is 14.0. The summed E-state index contributed by atoms with van der Waals surface area (Å²) in [5.74, 6) is 0.353. The number of rotatable bonds is 11. The van der Waals surface area contributed by atoms with Gasteiger partial charge in [-0.25, -0.2) is 4.79 Å². The quantitative estimate of drug-likeness (QED) is 0.120. The van der Waals surface area contributed by atoms with Crippen LogP contribution in [0, 0.1) is 6.92 Å². The first-order valence-corrected chi connectivity index (χ1v) is 14.6. The maximum atomic E-state index is 12.4. The number of Topliss-reactive ketones (excluding diaryl/α,β-unsaturated/α-hetero) is 1. The number of fused-ring (bicyclic) bond motifs is 2. The fourth-order valence-electron chi connectivity index (χ4n) is 5.76. The van der Waals surface area contributed by atoms with E-state index in [1.54, 1.807) is 22.9 Å². The molecule has 2 N–H and O–H groups in total. The van der Waals surface area contributed by atoms with Gasteiger partial charge >= 0.3 is 5.97 Å². The fraction of sp³-hybridized carbons (Fsp3) is 0.194. The summed E-state index contributed by atoms with van der Waals surface area (Å²) in [6.45, 7) is 4.13. The third-order valence-corrected chi connectivity index (χ3v) is 8.03. The van der Waals surface area contributed by atoms with E-state index in [0.717, 1.165) is 49.8 Å². The normalized spacial score (nSPS) is 11.2. The highest BCUT2D eigenvalue weighted by atomic mass is 16.5. The Balaban J connectivity index is 1.28. The van der Waals surface area contributed by atoms with Gasteiger partial charge in [0.05, 0.1) is 12.1 Å². The zero-order valence-corrected chi connectivity index (χ0v) is 24.9. The summed E-state index contributed by atoms with van der Waals surface area (Å²) in [4.78, 5) is 27.4. The van der Waals surface area contributed by atoms with Crippen molar-refractivity contribution in [3.8, 4) is 22.6 Å². The van der Waals surface area contributed by atoms with Crippen LogP contribution >= 0.6 is 0 Å². The molecule has 0 saturated heterocycles. The molecule has 0 unspecified atom stereocenters. The number of ether oxygens (including phenoxy) is 2. The van der Waals surface area contributed by atoms with Crippen molar-refractivity contribution >= 4 is 33.4 Å². The van der Waals surface area contributed by atoms with Gasteiger partial charge in [-0.2, -0.15) is 5.10 Å². The molecule has 0 spiro atoms. The molecule has 0 bridgehead atoms. The van der Waals surface area contributed by atoms with E-state index in [1.807, 2.05) is 68.6 Å². The minimum absolute atomic E-state index is 0.0339.